The van der Waals surface area contributed by atoms with E-state index in [4.69, 9.17) is 23.2 Å². The summed E-state index contributed by atoms with van der Waals surface area (Å²) in [5.41, 5.74) is 3.28. The maximum atomic E-state index is 6.34. The minimum Gasteiger partial charge on any atom is -0.225 e. The van der Waals surface area contributed by atoms with E-state index in [-0.39, 0.29) is 0 Å². The zero-order chi connectivity index (χ0) is 15.1. The Morgan fingerprint density at radius 2 is 1.90 bits per heavy atom. The first kappa shape index (κ1) is 14.8. The van der Waals surface area contributed by atoms with Gasteiger partial charge in [-0.1, -0.05) is 49.2 Å². The number of hydrogen-bond donors (Lipinski definition) is 0. The highest BCUT2D eigenvalue weighted by atomic mass is 35.5. The molecule has 2 heterocycles. The van der Waals surface area contributed by atoms with Crippen molar-refractivity contribution in [3.63, 3.8) is 0 Å². The lowest BCUT2D eigenvalue weighted by Gasteiger charge is -2.12. The van der Waals surface area contributed by atoms with Crippen LogP contribution in [-0.2, 0) is 0 Å². The highest BCUT2D eigenvalue weighted by Gasteiger charge is 2.21. The number of rotatable bonds is 2. The van der Waals surface area contributed by atoms with Crippen LogP contribution < -0.4 is 0 Å². The highest BCUT2D eigenvalue weighted by Crippen LogP contribution is 2.45. The Kier molecular flexibility index (Phi) is 3.91. The Morgan fingerprint density at radius 1 is 1.14 bits per heavy atom. The van der Waals surface area contributed by atoms with Crippen molar-refractivity contribution >= 4 is 44.8 Å². The summed E-state index contributed by atoms with van der Waals surface area (Å²) in [7, 11) is 0. The van der Waals surface area contributed by atoms with Crippen LogP contribution >= 0.6 is 34.5 Å². The number of fused-ring (bicyclic) bond motifs is 1. The number of benzene rings is 1. The first-order valence-corrected chi connectivity index (χ1v) is 8.26. The fourth-order valence-electron chi connectivity index (χ4n) is 2.47. The number of halogens is 2. The van der Waals surface area contributed by atoms with Crippen LogP contribution in [0.3, 0.4) is 0 Å². The summed E-state index contributed by atoms with van der Waals surface area (Å²) in [6, 6.07) is 5.95. The average molecular weight is 337 g/mol. The van der Waals surface area contributed by atoms with Crippen LogP contribution in [0.25, 0.3) is 21.3 Å². The second-order valence-corrected chi connectivity index (χ2v) is 7.05. The molecule has 0 atom stereocenters. The van der Waals surface area contributed by atoms with Crippen LogP contribution in [0.1, 0.15) is 30.2 Å². The normalized spacial score (nSPS) is 11.5. The maximum absolute atomic E-state index is 6.34. The van der Waals surface area contributed by atoms with Crippen molar-refractivity contribution in [1.82, 2.24) is 9.97 Å². The van der Waals surface area contributed by atoms with Gasteiger partial charge >= 0.3 is 0 Å². The standard InChI is InChI=1S/C16H14Cl2N2S/c1-8(2)14-12(10-5-4-6-11(17)9(10)3)13-15(18)19-7-20-16(13)21-14/h4-8H,1-3H3. The van der Waals surface area contributed by atoms with Crippen LogP contribution in [0.15, 0.2) is 24.5 Å². The zero-order valence-corrected chi connectivity index (χ0v) is 14.3. The Bertz CT molecular complexity index is 825. The third-order valence-electron chi connectivity index (χ3n) is 3.53. The topological polar surface area (TPSA) is 25.8 Å². The lowest BCUT2D eigenvalue weighted by molar-refractivity contribution is 0.892. The molecule has 3 rings (SSSR count). The number of hydrogen-bond acceptors (Lipinski definition) is 3. The molecule has 2 nitrogen and oxygen atoms in total. The van der Waals surface area contributed by atoms with Crippen molar-refractivity contribution in [2.75, 3.05) is 0 Å². The second kappa shape index (κ2) is 5.56. The summed E-state index contributed by atoms with van der Waals surface area (Å²) in [4.78, 5) is 10.7. The van der Waals surface area contributed by atoms with Crippen LogP contribution in [-0.4, -0.2) is 9.97 Å². The van der Waals surface area contributed by atoms with Crippen LogP contribution in [0.2, 0.25) is 10.2 Å². The van der Waals surface area contributed by atoms with E-state index in [1.54, 1.807) is 11.3 Å². The summed E-state index contributed by atoms with van der Waals surface area (Å²) in [5.74, 6) is 0.383. The predicted octanol–water partition coefficient (Wildman–Crippen LogP) is 6.10. The summed E-state index contributed by atoms with van der Waals surface area (Å²) < 4.78 is 0. The van der Waals surface area contributed by atoms with Gasteiger partial charge in [-0.05, 0) is 30.0 Å². The van der Waals surface area contributed by atoms with Crippen molar-refractivity contribution in [1.29, 1.82) is 0 Å². The molecule has 0 saturated carbocycles. The Balaban J connectivity index is 2.45. The van der Waals surface area contributed by atoms with E-state index >= 15 is 0 Å². The Morgan fingerprint density at radius 3 is 2.62 bits per heavy atom. The first-order valence-electron chi connectivity index (χ1n) is 6.69. The van der Waals surface area contributed by atoms with E-state index < -0.39 is 0 Å². The molecular formula is C16H14Cl2N2S. The van der Waals surface area contributed by atoms with Gasteiger partial charge < -0.3 is 0 Å². The van der Waals surface area contributed by atoms with E-state index in [1.807, 2.05) is 19.1 Å². The lowest BCUT2D eigenvalue weighted by atomic mass is 9.95. The van der Waals surface area contributed by atoms with Gasteiger partial charge in [-0.25, -0.2) is 9.97 Å². The summed E-state index contributed by atoms with van der Waals surface area (Å²) in [6.07, 6.45) is 1.51. The average Bonchev–Trinajstić information content (AvgIpc) is 2.83. The molecule has 0 N–H and O–H groups in total. The molecule has 0 unspecified atom stereocenters. The number of nitrogens with zero attached hydrogens (tertiary/aromatic N) is 2. The SMILES string of the molecule is Cc1c(Cl)cccc1-c1c(C(C)C)sc2ncnc(Cl)c12. The van der Waals surface area contributed by atoms with Gasteiger partial charge in [0.15, 0.2) is 0 Å². The van der Waals surface area contributed by atoms with Gasteiger partial charge in [0.1, 0.15) is 16.3 Å². The zero-order valence-electron chi connectivity index (χ0n) is 11.9. The van der Waals surface area contributed by atoms with Gasteiger partial charge in [0.2, 0.25) is 0 Å². The molecule has 2 aromatic heterocycles. The van der Waals surface area contributed by atoms with Gasteiger partial charge in [0.25, 0.3) is 0 Å². The molecule has 108 valence electrons. The minimum atomic E-state index is 0.383. The van der Waals surface area contributed by atoms with Crippen LogP contribution in [0.4, 0.5) is 0 Å². The molecule has 3 aromatic rings. The van der Waals surface area contributed by atoms with Gasteiger partial charge in [-0.2, -0.15) is 0 Å². The quantitative estimate of drug-likeness (QED) is 0.528. The van der Waals surface area contributed by atoms with Gasteiger partial charge in [-0.15, -0.1) is 11.3 Å². The highest BCUT2D eigenvalue weighted by molar-refractivity contribution is 7.19. The minimum absolute atomic E-state index is 0.383. The smallest absolute Gasteiger partial charge is 0.141 e. The van der Waals surface area contributed by atoms with Gasteiger partial charge in [0, 0.05) is 15.5 Å². The molecule has 0 spiro atoms. The first-order chi connectivity index (χ1) is 10.0. The molecule has 0 fully saturated rings. The molecule has 0 aliphatic heterocycles. The largest absolute Gasteiger partial charge is 0.225 e. The molecule has 0 aliphatic rings. The van der Waals surface area contributed by atoms with E-state index in [1.165, 1.54) is 11.2 Å². The Labute approximate surface area is 137 Å². The molecule has 0 aliphatic carbocycles. The summed E-state index contributed by atoms with van der Waals surface area (Å²) in [5, 5.41) is 2.19. The van der Waals surface area contributed by atoms with Gasteiger partial charge in [0.05, 0.1) is 5.39 Å². The van der Waals surface area contributed by atoms with Crippen LogP contribution in [0, 0.1) is 6.92 Å². The third kappa shape index (κ3) is 2.44. The second-order valence-electron chi connectivity index (χ2n) is 5.25. The van der Waals surface area contributed by atoms with E-state index in [9.17, 15) is 0 Å². The molecule has 0 radical (unpaired) electrons. The molecule has 0 bridgehead atoms. The van der Waals surface area contributed by atoms with Crippen molar-refractivity contribution in [3.8, 4) is 11.1 Å². The lowest BCUT2D eigenvalue weighted by Crippen LogP contribution is -1.91. The monoisotopic (exact) mass is 336 g/mol. The van der Waals surface area contributed by atoms with Gasteiger partial charge in [-0.3, -0.25) is 0 Å². The number of aromatic nitrogens is 2. The number of thiophene rings is 1. The predicted molar refractivity (Wildman–Crippen MR) is 91.7 cm³/mol. The van der Waals surface area contributed by atoms with E-state index in [2.05, 4.69) is 29.9 Å². The van der Waals surface area contributed by atoms with E-state index in [0.29, 0.717) is 11.1 Å². The third-order valence-corrected chi connectivity index (χ3v) is 5.63. The molecule has 1 aromatic carbocycles. The van der Waals surface area contributed by atoms with Crippen molar-refractivity contribution < 1.29 is 0 Å². The van der Waals surface area contributed by atoms with E-state index in [0.717, 1.165) is 31.9 Å². The summed E-state index contributed by atoms with van der Waals surface area (Å²) >= 11 is 14.3. The fraction of sp³-hybridized carbons (Fsp3) is 0.250. The maximum Gasteiger partial charge on any atom is 0.141 e. The molecular weight excluding hydrogens is 323 g/mol. The summed E-state index contributed by atoms with van der Waals surface area (Å²) in [6.45, 7) is 6.38. The van der Waals surface area contributed by atoms with Crippen molar-refractivity contribution in [3.05, 3.63) is 45.1 Å². The molecule has 5 heteroatoms. The fourth-order valence-corrected chi connectivity index (χ4v) is 4.08. The molecule has 21 heavy (non-hydrogen) atoms. The molecule has 0 amide bonds. The molecule has 0 saturated heterocycles. The van der Waals surface area contributed by atoms with Crippen molar-refractivity contribution in [2.24, 2.45) is 0 Å². The van der Waals surface area contributed by atoms with Crippen molar-refractivity contribution in [2.45, 2.75) is 26.7 Å². The van der Waals surface area contributed by atoms with Crippen LogP contribution in [0.5, 0.6) is 0 Å². The Hall–Kier alpha value is -1.16.